The lowest BCUT2D eigenvalue weighted by Crippen LogP contribution is -2.30. The highest BCUT2D eigenvalue weighted by Crippen LogP contribution is 2.33. The first-order chi connectivity index (χ1) is 8.31. The van der Waals surface area contributed by atoms with Gasteiger partial charge in [0.05, 0.1) is 7.11 Å². The lowest BCUT2D eigenvalue weighted by atomic mass is 9.91. The van der Waals surface area contributed by atoms with Gasteiger partial charge in [0.1, 0.15) is 11.9 Å². The van der Waals surface area contributed by atoms with E-state index in [4.69, 9.17) is 4.74 Å². The van der Waals surface area contributed by atoms with Crippen LogP contribution in [0.15, 0.2) is 24.3 Å². The Hall–Kier alpha value is -1.09. The van der Waals surface area contributed by atoms with E-state index in [-0.39, 0.29) is 0 Å². The Morgan fingerprint density at radius 3 is 3.00 bits per heavy atom. The Morgan fingerprint density at radius 1 is 1.47 bits per heavy atom. The summed E-state index contributed by atoms with van der Waals surface area (Å²) >= 11 is 0. The number of benzene rings is 1. The molecular formula is C14H20FNO. The minimum absolute atomic E-state index is 0.448. The van der Waals surface area contributed by atoms with Gasteiger partial charge in [-0.05, 0) is 44.3 Å². The number of ether oxygens (including phenoxy) is 1. The monoisotopic (exact) mass is 237 g/mol. The first-order valence-corrected chi connectivity index (χ1v) is 6.29. The van der Waals surface area contributed by atoms with Gasteiger partial charge in [-0.1, -0.05) is 18.2 Å². The van der Waals surface area contributed by atoms with E-state index < -0.39 is 6.17 Å². The van der Waals surface area contributed by atoms with Crippen molar-refractivity contribution in [3.05, 3.63) is 29.8 Å². The molecule has 3 heteroatoms. The van der Waals surface area contributed by atoms with Crippen molar-refractivity contribution in [2.24, 2.45) is 5.92 Å². The van der Waals surface area contributed by atoms with Gasteiger partial charge >= 0.3 is 0 Å². The highest BCUT2D eigenvalue weighted by Gasteiger charge is 2.21. The molecule has 2 nitrogen and oxygen atoms in total. The molecule has 0 spiro atoms. The molecule has 1 aromatic rings. The van der Waals surface area contributed by atoms with Crippen molar-refractivity contribution in [2.45, 2.75) is 25.4 Å². The molecule has 2 rings (SSSR count). The molecule has 94 valence electrons. The van der Waals surface area contributed by atoms with Crippen molar-refractivity contribution in [3.8, 4) is 5.75 Å². The van der Waals surface area contributed by atoms with Gasteiger partial charge in [-0.3, -0.25) is 0 Å². The maximum absolute atomic E-state index is 14.3. The molecule has 1 aliphatic heterocycles. The molecule has 0 saturated carbocycles. The Morgan fingerprint density at radius 2 is 2.29 bits per heavy atom. The molecule has 17 heavy (non-hydrogen) atoms. The quantitative estimate of drug-likeness (QED) is 0.868. The molecule has 2 unspecified atom stereocenters. The average Bonchev–Trinajstić information content (AvgIpc) is 2.40. The van der Waals surface area contributed by atoms with Gasteiger partial charge in [0, 0.05) is 5.56 Å². The van der Waals surface area contributed by atoms with Crippen LogP contribution in [0.3, 0.4) is 0 Å². The molecule has 1 heterocycles. The van der Waals surface area contributed by atoms with Gasteiger partial charge in [-0.25, -0.2) is 4.39 Å². The minimum Gasteiger partial charge on any atom is -0.496 e. The van der Waals surface area contributed by atoms with Crippen molar-refractivity contribution in [2.75, 3.05) is 20.2 Å². The van der Waals surface area contributed by atoms with E-state index in [0.29, 0.717) is 23.7 Å². The number of hydrogen-bond donors (Lipinski definition) is 1. The average molecular weight is 237 g/mol. The summed E-state index contributed by atoms with van der Waals surface area (Å²) in [5, 5.41) is 3.32. The molecule has 0 radical (unpaired) electrons. The molecular weight excluding hydrogens is 217 g/mol. The Bertz CT molecular complexity index is 350. The van der Waals surface area contributed by atoms with Gasteiger partial charge < -0.3 is 10.1 Å². The number of piperidine rings is 1. The fourth-order valence-electron chi connectivity index (χ4n) is 2.47. The molecule has 1 aliphatic rings. The van der Waals surface area contributed by atoms with E-state index >= 15 is 0 Å². The molecule has 0 aromatic heterocycles. The normalized spacial score (nSPS) is 22.1. The second-order valence-corrected chi connectivity index (χ2v) is 4.66. The summed E-state index contributed by atoms with van der Waals surface area (Å²) in [6.45, 7) is 2.01. The topological polar surface area (TPSA) is 21.3 Å². The predicted octanol–water partition coefficient (Wildman–Crippen LogP) is 3.10. The fourth-order valence-corrected chi connectivity index (χ4v) is 2.47. The van der Waals surface area contributed by atoms with Gasteiger partial charge in [0.25, 0.3) is 0 Å². The van der Waals surface area contributed by atoms with Crippen LogP contribution in [0.1, 0.15) is 31.0 Å². The van der Waals surface area contributed by atoms with E-state index in [9.17, 15) is 4.39 Å². The Labute approximate surface area is 102 Å². The third-order valence-corrected chi connectivity index (χ3v) is 3.42. The van der Waals surface area contributed by atoms with Crippen LogP contribution in [0.5, 0.6) is 5.75 Å². The van der Waals surface area contributed by atoms with Gasteiger partial charge in [-0.2, -0.15) is 0 Å². The number of para-hydroxylation sites is 1. The van der Waals surface area contributed by atoms with Gasteiger partial charge in [0.15, 0.2) is 0 Å². The molecule has 1 N–H and O–H groups in total. The molecule has 0 aliphatic carbocycles. The van der Waals surface area contributed by atoms with Crippen LogP contribution in [0.2, 0.25) is 0 Å². The summed E-state index contributed by atoms with van der Waals surface area (Å²) in [4.78, 5) is 0. The lowest BCUT2D eigenvalue weighted by Gasteiger charge is -2.24. The lowest BCUT2D eigenvalue weighted by molar-refractivity contribution is 0.237. The van der Waals surface area contributed by atoms with Crippen LogP contribution in [-0.2, 0) is 0 Å². The summed E-state index contributed by atoms with van der Waals surface area (Å²) in [6, 6.07) is 7.38. The number of methoxy groups -OCH3 is 1. The zero-order valence-corrected chi connectivity index (χ0v) is 10.3. The van der Waals surface area contributed by atoms with Crippen LogP contribution in [0.4, 0.5) is 4.39 Å². The standard InChI is InChI=1S/C14H20FNO/c1-17-14-7-3-2-6-12(14)13(15)9-11-5-4-8-16-10-11/h2-3,6-7,11,13,16H,4-5,8-10H2,1H3. The largest absolute Gasteiger partial charge is 0.496 e. The van der Waals surface area contributed by atoms with Crippen molar-refractivity contribution in [1.29, 1.82) is 0 Å². The summed E-state index contributed by atoms with van der Waals surface area (Å²) in [7, 11) is 1.59. The Balaban J connectivity index is 2.00. The third kappa shape index (κ3) is 3.19. The smallest absolute Gasteiger partial charge is 0.129 e. The first-order valence-electron chi connectivity index (χ1n) is 6.29. The second-order valence-electron chi connectivity index (χ2n) is 4.66. The van der Waals surface area contributed by atoms with Crippen LogP contribution < -0.4 is 10.1 Å². The molecule has 0 amide bonds. The molecule has 1 saturated heterocycles. The predicted molar refractivity (Wildman–Crippen MR) is 67.1 cm³/mol. The maximum atomic E-state index is 14.3. The van der Waals surface area contributed by atoms with Crippen LogP contribution >= 0.6 is 0 Å². The SMILES string of the molecule is COc1ccccc1C(F)CC1CCCNC1. The summed E-state index contributed by atoms with van der Waals surface area (Å²) in [5.41, 5.74) is 0.681. The summed E-state index contributed by atoms with van der Waals surface area (Å²) in [5.74, 6) is 1.10. The van der Waals surface area contributed by atoms with Crippen LogP contribution in [-0.4, -0.2) is 20.2 Å². The number of halogens is 1. The molecule has 1 fully saturated rings. The van der Waals surface area contributed by atoms with E-state index in [1.54, 1.807) is 7.11 Å². The summed E-state index contributed by atoms with van der Waals surface area (Å²) in [6.07, 6.45) is 1.95. The van der Waals surface area contributed by atoms with E-state index in [2.05, 4.69) is 5.32 Å². The summed E-state index contributed by atoms with van der Waals surface area (Å²) < 4.78 is 19.5. The van der Waals surface area contributed by atoms with Gasteiger partial charge in [-0.15, -0.1) is 0 Å². The van der Waals surface area contributed by atoms with Gasteiger partial charge in [0.2, 0.25) is 0 Å². The highest BCUT2D eigenvalue weighted by molar-refractivity contribution is 5.35. The van der Waals surface area contributed by atoms with Crippen molar-refractivity contribution in [1.82, 2.24) is 5.32 Å². The molecule has 2 atom stereocenters. The highest BCUT2D eigenvalue weighted by atomic mass is 19.1. The van der Waals surface area contributed by atoms with Crippen molar-refractivity contribution < 1.29 is 9.13 Å². The van der Waals surface area contributed by atoms with E-state index in [0.717, 1.165) is 25.9 Å². The zero-order chi connectivity index (χ0) is 12.1. The first kappa shape index (κ1) is 12.4. The maximum Gasteiger partial charge on any atom is 0.129 e. The second kappa shape index (κ2) is 6.01. The fraction of sp³-hybridized carbons (Fsp3) is 0.571. The third-order valence-electron chi connectivity index (χ3n) is 3.42. The minimum atomic E-state index is -0.920. The van der Waals surface area contributed by atoms with Crippen LogP contribution in [0, 0.1) is 5.92 Å². The molecule has 1 aromatic carbocycles. The van der Waals surface area contributed by atoms with Crippen LogP contribution in [0.25, 0.3) is 0 Å². The Kier molecular flexibility index (Phi) is 4.37. The van der Waals surface area contributed by atoms with Crippen molar-refractivity contribution in [3.63, 3.8) is 0 Å². The van der Waals surface area contributed by atoms with E-state index in [1.165, 1.54) is 0 Å². The number of alkyl halides is 1. The number of nitrogens with one attached hydrogen (secondary N) is 1. The number of rotatable bonds is 4. The molecule has 0 bridgehead atoms. The number of hydrogen-bond acceptors (Lipinski definition) is 2. The van der Waals surface area contributed by atoms with E-state index in [1.807, 2.05) is 24.3 Å². The van der Waals surface area contributed by atoms with Crippen molar-refractivity contribution >= 4 is 0 Å². The zero-order valence-electron chi connectivity index (χ0n) is 10.3.